The van der Waals surface area contributed by atoms with Crippen LogP contribution in [0.25, 0.3) is 0 Å². The van der Waals surface area contributed by atoms with Gasteiger partial charge in [0, 0.05) is 10.5 Å². The zero-order valence-corrected chi connectivity index (χ0v) is 33.6. The Labute approximate surface area is 290 Å². The Morgan fingerprint density at radius 3 is 0.907 bits per heavy atom. The molecular formula is C36H72O4S2Sn. The molecule has 0 rings (SSSR count). The van der Waals surface area contributed by atoms with E-state index in [1.807, 2.05) is 0 Å². The zero-order chi connectivity index (χ0) is 32.8. The number of hydrogen-bond acceptors (Lipinski definition) is 6. The van der Waals surface area contributed by atoms with Gasteiger partial charge in [0.2, 0.25) is 0 Å². The van der Waals surface area contributed by atoms with Gasteiger partial charge in [-0.25, -0.2) is 0 Å². The second-order valence-corrected chi connectivity index (χ2v) is 17.6. The molecule has 0 saturated carbocycles. The Hall–Kier alpha value is 0.439. The van der Waals surface area contributed by atoms with Gasteiger partial charge in [-0.05, 0) is 12.8 Å². The molecule has 7 heteroatoms. The molecule has 0 amide bonds. The van der Waals surface area contributed by atoms with Gasteiger partial charge in [-0.2, -0.15) is 25.3 Å². The van der Waals surface area contributed by atoms with Crippen molar-refractivity contribution in [2.75, 3.05) is 0 Å². The van der Waals surface area contributed by atoms with Crippen LogP contribution in [0.5, 0.6) is 0 Å². The van der Waals surface area contributed by atoms with E-state index < -0.39 is 22.4 Å². The zero-order valence-electron chi connectivity index (χ0n) is 29.0. The van der Waals surface area contributed by atoms with E-state index in [4.69, 9.17) is 0 Å². The fraction of sp³-hybridized carbons (Fsp3) is 0.944. The molecule has 43 heavy (non-hydrogen) atoms. The van der Waals surface area contributed by atoms with E-state index in [1.165, 1.54) is 128 Å². The van der Waals surface area contributed by atoms with Gasteiger partial charge in [-0.1, -0.05) is 142 Å². The Morgan fingerprint density at radius 1 is 0.442 bits per heavy atom. The molecule has 0 aromatic carbocycles. The summed E-state index contributed by atoms with van der Waals surface area (Å²) in [5.41, 5.74) is 0. The first-order valence-electron chi connectivity index (χ1n) is 18.3. The minimum absolute atomic E-state index is 0.149. The van der Waals surface area contributed by atoms with E-state index in [2.05, 4.69) is 53.0 Å². The molecule has 0 radical (unpaired) electrons. The van der Waals surface area contributed by atoms with Crippen molar-refractivity contribution in [3.63, 3.8) is 0 Å². The van der Waals surface area contributed by atoms with Crippen molar-refractivity contribution in [1.29, 1.82) is 0 Å². The van der Waals surface area contributed by atoms with Crippen LogP contribution in [0.1, 0.15) is 195 Å². The molecule has 0 saturated heterocycles. The van der Waals surface area contributed by atoms with Crippen LogP contribution in [0, 0.1) is 0 Å². The third kappa shape index (κ3) is 47.0. The van der Waals surface area contributed by atoms with Crippen molar-refractivity contribution >= 4 is 58.3 Å². The number of unbranched alkanes of at least 4 members (excludes halogenated alkanes) is 20. The van der Waals surface area contributed by atoms with Crippen molar-refractivity contribution in [3.05, 3.63) is 0 Å². The van der Waals surface area contributed by atoms with Gasteiger partial charge in [-0.3, -0.25) is 0 Å². The van der Waals surface area contributed by atoms with Gasteiger partial charge < -0.3 is 19.8 Å². The monoisotopic (exact) mass is 752 g/mol. The maximum atomic E-state index is 10.4. The summed E-state index contributed by atoms with van der Waals surface area (Å²) in [6.45, 7) is 9.06. The summed E-state index contributed by atoms with van der Waals surface area (Å²) in [5, 5.41) is 19.6. The SMILES string of the molecule is CCCCCCCCCCCCC(S)C(=O)[O-].CCCCCCCCCCCCC(S)C(=O)[O-].CCC[CH2][Sn+2][CH2]CCC. The topological polar surface area (TPSA) is 80.3 Å². The summed E-state index contributed by atoms with van der Waals surface area (Å²) in [7, 11) is 0. The van der Waals surface area contributed by atoms with Crippen LogP contribution < -0.4 is 10.2 Å². The van der Waals surface area contributed by atoms with E-state index in [9.17, 15) is 19.8 Å². The summed E-state index contributed by atoms with van der Waals surface area (Å²) >= 11 is 8.06. The molecule has 0 aromatic rings. The number of hydrogen-bond donors (Lipinski definition) is 2. The first-order valence-corrected chi connectivity index (χ1v) is 23.3. The fourth-order valence-corrected chi connectivity index (χ4v) is 9.14. The van der Waals surface area contributed by atoms with E-state index in [1.54, 1.807) is 8.87 Å². The number of aliphatic carboxylic acids is 2. The summed E-state index contributed by atoms with van der Waals surface area (Å²) in [6.07, 6.45) is 32.5. The molecule has 0 fully saturated rings. The van der Waals surface area contributed by atoms with Crippen molar-refractivity contribution in [2.24, 2.45) is 0 Å². The van der Waals surface area contributed by atoms with Gasteiger partial charge in [0.1, 0.15) is 0 Å². The molecule has 0 aliphatic rings. The van der Waals surface area contributed by atoms with E-state index >= 15 is 0 Å². The van der Waals surface area contributed by atoms with E-state index in [0.29, 0.717) is 12.8 Å². The van der Waals surface area contributed by atoms with Crippen LogP contribution in [-0.2, 0) is 9.59 Å². The predicted octanol–water partition coefficient (Wildman–Crippen LogP) is 9.82. The van der Waals surface area contributed by atoms with Gasteiger partial charge in [-0.15, -0.1) is 0 Å². The van der Waals surface area contributed by atoms with Crippen LogP contribution in [0.3, 0.4) is 0 Å². The number of carbonyl (C=O) groups is 2. The average molecular weight is 752 g/mol. The molecule has 0 aliphatic carbocycles. The standard InChI is InChI=1S/2C14H28O2S.2C4H9.Sn/c2*1-2-3-4-5-6-7-8-9-10-11-12-13(17)14(15)16;2*1-3-4-2;/h2*13,17H,2-12H2,1H3,(H,15,16);2*1,3-4H2,2H3;/q;;;;+2/p-2. The third-order valence-electron chi connectivity index (χ3n) is 7.62. The third-order valence-corrected chi connectivity index (χ3v) is 12.6. The summed E-state index contributed by atoms with van der Waals surface area (Å²) < 4.78 is 3.25. The van der Waals surface area contributed by atoms with Crippen LogP contribution in [0.4, 0.5) is 0 Å². The van der Waals surface area contributed by atoms with Crippen molar-refractivity contribution in [2.45, 2.75) is 214 Å². The summed E-state index contributed by atoms with van der Waals surface area (Å²) in [6, 6.07) is 0. The molecule has 2 atom stereocenters. The Bertz CT molecular complexity index is 505. The molecule has 0 aromatic heterocycles. The fourth-order valence-electron chi connectivity index (χ4n) is 4.61. The molecule has 0 bridgehead atoms. The maximum absolute atomic E-state index is 10.4. The average Bonchev–Trinajstić information content (AvgIpc) is 2.99. The van der Waals surface area contributed by atoms with Crippen LogP contribution in [0.2, 0.25) is 8.87 Å². The Balaban J connectivity index is -0.000000586. The molecule has 4 nitrogen and oxygen atoms in total. The molecule has 0 aliphatic heterocycles. The second-order valence-electron chi connectivity index (χ2n) is 12.1. The predicted molar refractivity (Wildman–Crippen MR) is 194 cm³/mol. The van der Waals surface area contributed by atoms with Gasteiger partial charge in [0.25, 0.3) is 0 Å². The molecule has 2 unspecified atom stereocenters. The molecule has 0 spiro atoms. The Morgan fingerprint density at radius 2 is 0.674 bits per heavy atom. The van der Waals surface area contributed by atoms with Gasteiger partial charge in [0.15, 0.2) is 0 Å². The summed E-state index contributed by atoms with van der Waals surface area (Å²) in [5.74, 6) is -2.08. The van der Waals surface area contributed by atoms with Gasteiger partial charge in [0.05, 0.1) is 11.9 Å². The summed E-state index contributed by atoms with van der Waals surface area (Å²) in [4.78, 5) is 20.8. The number of rotatable bonds is 30. The second kappa shape index (κ2) is 42.4. The first kappa shape index (κ1) is 47.8. The van der Waals surface area contributed by atoms with Crippen LogP contribution in [0.15, 0.2) is 0 Å². The first-order chi connectivity index (χ1) is 20.8. The van der Waals surface area contributed by atoms with Crippen LogP contribution in [-0.4, -0.2) is 43.6 Å². The number of carboxylic acid groups (broad SMARTS) is 2. The van der Waals surface area contributed by atoms with Crippen LogP contribution >= 0.6 is 25.3 Å². The Kier molecular flexibility index (Phi) is 47.2. The van der Waals surface area contributed by atoms with Crippen molar-refractivity contribution in [1.82, 2.24) is 0 Å². The molecule has 0 heterocycles. The van der Waals surface area contributed by atoms with Crippen molar-refractivity contribution in [3.8, 4) is 0 Å². The molecule has 256 valence electrons. The van der Waals surface area contributed by atoms with Crippen molar-refractivity contribution < 1.29 is 19.8 Å². The quantitative estimate of drug-likeness (QED) is 0.0435. The van der Waals surface area contributed by atoms with E-state index in [-0.39, 0.29) is 21.1 Å². The normalized spacial score (nSPS) is 11.9. The number of thiol groups is 2. The number of carboxylic acids is 2. The van der Waals surface area contributed by atoms with Gasteiger partial charge >= 0.3 is 69.5 Å². The minimum atomic E-state index is -1.04. The number of carbonyl (C=O) groups excluding carboxylic acids is 2. The molecular weight excluding hydrogens is 679 g/mol. The van der Waals surface area contributed by atoms with E-state index in [0.717, 1.165) is 25.7 Å². The molecule has 0 N–H and O–H groups in total.